The number of aromatic nitrogens is 2. The lowest BCUT2D eigenvalue weighted by Gasteiger charge is -2.38. The van der Waals surface area contributed by atoms with Gasteiger partial charge in [0.1, 0.15) is 78.8 Å². The highest BCUT2D eigenvalue weighted by atomic mass is 16.4. The number of hydrogen-bond acceptors (Lipinski definition) is 22. The quantitative estimate of drug-likeness (QED) is 0.0374. The van der Waals surface area contributed by atoms with Crippen molar-refractivity contribution in [1.29, 1.82) is 0 Å². The van der Waals surface area contributed by atoms with Gasteiger partial charge < -0.3 is 120 Å². The second-order valence-corrected chi connectivity index (χ2v) is 35.1. The first-order chi connectivity index (χ1) is 62.4. The smallest absolute Gasteiger partial charge is 0.323 e. The minimum absolute atomic E-state index is 0.0302. The van der Waals surface area contributed by atoms with Gasteiger partial charge in [0.25, 0.3) is 0 Å². The number of carboxylic acid groups (broad SMARTS) is 2. The third kappa shape index (κ3) is 27.6. The molecule has 4 fully saturated rings. The van der Waals surface area contributed by atoms with Crippen molar-refractivity contribution in [3.8, 4) is 5.75 Å². The number of carbonyl (C=O) groups is 17. The summed E-state index contributed by atoms with van der Waals surface area (Å²) in [7, 11) is 2.78. The summed E-state index contributed by atoms with van der Waals surface area (Å²) in [6.45, 7) is 5.22. The number of unbranched alkanes of at least 4 members (excludes halogenated alkanes) is 2. The average molecular weight is 1830 g/mol. The predicted octanol–water partition coefficient (Wildman–Crippen LogP) is -0.391. The maximum Gasteiger partial charge on any atom is 0.323 e. The highest BCUT2D eigenvalue weighted by Crippen LogP contribution is 2.31. The van der Waals surface area contributed by atoms with Crippen LogP contribution in [0.2, 0.25) is 0 Å². The Bertz CT molecular complexity index is 4920. The Labute approximate surface area is 759 Å². The zero-order valence-corrected chi connectivity index (χ0v) is 75.3. The van der Waals surface area contributed by atoms with E-state index in [4.69, 9.17) is 22.9 Å². The number of phenolic OH excluding ortho intramolecular Hbond substituents is 1. The SMILES string of the molecule is CCCC[C@H]1C(=O)N(C)[C@@H](CCCC)C(=O)N[C@@H](CC(C)C)C(=O)NCCC[C@@H](N)C(=O)N[C@@H](Cc2ccc(O)cc2)C(=O)N2CCCC[C@H]2C(=O)N[C@@H](CC(N)=O)C(=O)N2CCC[C@H]2C(=O)N[C@@H](CN)C(=O)N[C@@H](CCC(=O)O)C(=O)N2C[C@H](O)C[C@H]2C(=O)C[C@@H](Cc2c[nH]c3ccccc23)C(=O)N[C@@H](CCN)C(=O)N[C@@H](Cc2cn(CC(=O)O)c3ccccc23)C(=O)N1C. The van der Waals surface area contributed by atoms with Gasteiger partial charge in [0.2, 0.25) is 82.7 Å². The number of aromatic amines is 1. The van der Waals surface area contributed by atoms with Crippen molar-refractivity contribution in [3.63, 3.8) is 0 Å². The predicted molar refractivity (Wildman–Crippen MR) is 479 cm³/mol. The number of Topliss-reactive ketones (excluding diaryl/α,β-unsaturated/α-hetero) is 1. The van der Waals surface area contributed by atoms with Gasteiger partial charge >= 0.3 is 11.9 Å². The van der Waals surface area contributed by atoms with Crippen LogP contribution in [0.1, 0.15) is 173 Å². The van der Waals surface area contributed by atoms with E-state index < -0.39 is 243 Å². The number of nitrogens with two attached hydrogens (primary N) is 4. The fraction of sp³-hybridized carbons (Fsp3) is 0.571. The Morgan fingerprint density at radius 2 is 1.10 bits per heavy atom. The van der Waals surface area contributed by atoms with E-state index in [1.807, 2.05) is 27.7 Å². The van der Waals surface area contributed by atoms with Crippen molar-refractivity contribution >= 4 is 122 Å². The molecule has 9 rings (SSSR count). The highest BCUT2D eigenvalue weighted by Gasteiger charge is 2.47. The standard InChI is InChI=1S/C91H129N19O21/c1-7-9-23-70-84(124)100-64(39-51(3)4)81(121)96-36-17-21-60(94)80(120)101-65(40-52-28-30-56(111)31-29-52)89(129)108-37-16-15-26-71(108)85(125)103-67(45-76(95)114)90(130)109-38-18-27-72(109)86(126)104-68(46-93)83(123)99-63(32-33-77(115)116)88(128)110-49-57(112)44-74(110)75(113)43-53(41-54-47-97-61-22-13-11-19-58(54)61)79(119)98-62(34-35-92)82(122)102-66(87(127)106(6)73(24-10-8-2)91(131)105(70)5)42-55-48-107(50-78(117)118)69-25-14-12-20-59(55)69/h11-14,19-20,22,25,28-31,47-48,51,53,57,60,62-68,70-74,97,111-112H,7-10,15-18,21,23-24,26-27,32-46,49-50,92-94H2,1-6H3,(H2,95,114)(H,96,121)(H,98,119)(H,99,123)(H,100,124)(H,101,120)(H,102,122)(H,103,125)(H,104,126)(H,115,116)(H,117,118)/t53-,57-,60-,62+,63+,64+,65+,66+,67+,68+,70+,71+,72+,73+,74+/m1/s1. The van der Waals surface area contributed by atoms with Crippen LogP contribution in [-0.2, 0) is 107 Å². The zero-order valence-electron chi connectivity index (χ0n) is 75.3. The van der Waals surface area contributed by atoms with Crippen molar-refractivity contribution in [2.24, 2.45) is 34.8 Å². The number of hydrogen-bond donors (Lipinski definition) is 17. The van der Waals surface area contributed by atoms with Crippen LogP contribution in [0.5, 0.6) is 5.75 Å². The Balaban J connectivity index is 1.09. The number of H-pyrrole nitrogens is 1. The Hall–Kier alpha value is -12.4. The van der Waals surface area contributed by atoms with Crippen LogP contribution >= 0.6 is 0 Å². The number of amides is 14. The van der Waals surface area contributed by atoms with Crippen molar-refractivity contribution < 1.29 is 102 Å². The third-order valence-corrected chi connectivity index (χ3v) is 24.8. The Morgan fingerprint density at radius 1 is 0.527 bits per heavy atom. The normalized spacial score (nSPS) is 25.8. The molecule has 714 valence electrons. The fourth-order valence-corrected chi connectivity index (χ4v) is 17.8. The molecule has 15 atom stereocenters. The van der Waals surface area contributed by atoms with Crippen molar-refractivity contribution in [2.45, 2.75) is 267 Å². The fourth-order valence-electron chi connectivity index (χ4n) is 17.8. The number of aliphatic hydroxyl groups is 1. The van der Waals surface area contributed by atoms with Crippen LogP contribution < -0.4 is 65.5 Å². The summed E-state index contributed by atoms with van der Waals surface area (Å²) in [5.41, 5.74) is 27.2. The molecule has 5 aromatic rings. The van der Waals surface area contributed by atoms with Gasteiger partial charge in [0, 0.05) is 119 Å². The number of phenols is 1. The molecule has 0 aliphatic carbocycles. The van der Waals surface area contributed by atoms with E-state index in [0.717, 1.165) is 9.80 Å². The van der Waals surface area contributed by atoms with E-state index in [-0.39, 0.29) is 115 Å². The number of ketones is 1. The Morgan fingerprint density at radius 3 is 1.75 bits per heavy atom. The van der Waals surface area contributed by atoms with Gasteiger partial charge in [-0.05, 0) is 137 Å². The van der Waals surface area contributed by atoms with Gasteiger partial charge in [-0.25, -0.2) is 0 Å². The van der Waals surface area contributed by atoms with Crippen LogP contribution in [0.15, 0.2) is 85.2 Å². The Kier molecular flexibility index (Phi) is 37.8. The molecule has 0 saturated carbocycles. The van der Waals surface area contributed by atoms with E-state index in [1.165, 1.54) is 63.8 Å². The molecule has 0 bridgehead atoms. The van der Waals surface area contributed by atoms with Crippen molar-refractivity contribution in [1.82, 2.24) is 76.6 Å². The molecule has 4 saturated heterocycles. The molecule has 131 heavy (non-hydrogen) atoms. The molecule has 40 heteroatoms. The largest absolute Gasteiger partial charge is 0.508 e. The summed E-state index contributed by atoms with van der Waals surface area (Å²) in [6.07, 6.45) is 0.471. The van der Waals surface area contributed by atoms with Gasteiger partial charge in [-0.3, -0.25) is 81.5 Å². The lowest BCUT2D eigenvalue weighted by Crippen LogP contribution is -2.62. The topological polar surface area (TPSA) is 608 Å². The van der Waals surface area contributed by atoms with Crippen LogP contribution in [0, 0.1) is 11.8 Å². The number of rotatable bonds is 24. The van der Waals surface area contributed by atoms with Gasteiger partial charge in [-0.15, -0.1) is 0 Å². The summed E-state index contributed by atoms with van der Waals surface area (Å²) in [5.74, 6) is -17.5. The maximum absolute atomic E-state index is 15.9. The third-order valence-electron chi connectivity index (χ3n) is 24.8. The molecule has 2 aromatic heterocycles. The van der Waals surface area contributed by atoms with E-state index >= 15 is 38.4 Å². The van der Waals surface area contributed by atoms with Crippen molar-refractivity contribution in [2.75, 3.05) is 53.4 Å². The van der Waals surface area contributed by atoms with Gasteiger partial charge in [0.15, 0.2) is 5.78 Å². The molecule has 0 unspecified atom stereocenters. The molecule has 0 radical (unpaired) electrons. The number of nitrogens with zero attached hydrogens (tertiary/aromatic N) is 6. The van der Waals surface area contributed by atoms with Crippen LogP contribution in [0.25, 0.3) is 21.8 Å². The second kappa shape index (κ2) is 48.5. The minimum Gasteiger partial charge on any atom is -0.508 e. The molecular weight excluding hydrogens is 1700 g/mol. The minimum atomic E-state index is -1.80. The number of benzene rings is 3. The average Bonchev–Trinajstić information content (AvgIpc) is 1.66. The number of carbonyl (C=O) groups excluding carboxylic acids is 15. The van der Waals surface area contributed by atoms with Crippen molar-refractivity contribution in [3.05, 3.63) is 102 Å². The number of piperidine rings is 1. The maximum atomic E-state index is 15.9. The molecule has 4 aliphatic rings. The van der Waals surface area contributed by atoms with Gasteiger partial charge in [-0.1, -0.05) is 102 Å². The summed E-state index contributed by atoms with van der Waals surface area (Å²) in [6, 6.07) is 0.341. The second-order valence-electron chi connectivity index (χ2n) is 35.1. The molecule has 0 spiro atoms. The van der Waals surface area contributed by atoms with E-state index in [9.17, 15) is 63.6 Å². The number of nitrogens with one attached hydrogen (secondary N) is 9. The molecule has 40 nitrogen and oxygen atoms in total. The molecule has 6 heterocycles. The van der Waals surface area contributed by atoms with E-state index in [2.05, 4.69) is 47.5 Å². The molecule has 4 aliphatic heterocycles. The first kappa shape index (κ1) is 102. The number of likely N-dealkylation sites (N-methyl/N-ethyl adjacent to an activating group) is 2. The van der Waals surface area contributed by atoms with E-state index in [0.29, 0.717) is 77.0 Å². The van der Waals surface area contributed by atoms with Crippen LogP contribution in [0.4, 0.5) is 0 Å². The number of primary amides is 1. The number of aliphatic hydroxyl groups excluding tert-OH is 1. The molecule has 21 N–H and O–H groups in total. The van der Waals surface area contributed by atoms with Gasteiger partial charge in [0.05, 0.1) is 24.6 Å². The lowest BCUT2D eigenvalue weighted by atomic mass is 9.90. The monoisotopic (exact) mass is 1820 g/mol. The van der Waals surface area contributed by atoms with Crippen LogP contribution in [-0.4, -0.2) is 293 Å². The summed E-state index contributed by atoms with van der Waals surface area (Å²) < 4.78 is 1.45. The molecule has 3 aromatic carbocycles. The highest BCUT2D eigenvalue weighted by molar-refractivity contribution is 6.02. The van der Waals surface area contributed by atoms with Gasteiger partial charge in [-0.2, -0.15) is 0 Å². The first-order valence-corrected chi connectivity index (χ1v) is 45.3. The van der Waals surface area contributed by atoms with E-state index in [1.54, 1.807) is 54.7 Å². The number of aromatic hydroxyl groups is 1. The molecule has 14 amide bonds. The zero-order chi connectivity index (χ0) is 95.6. The lowest BCUT2D eigenvalue weighted by molar-refractivity contribution is -0.149. The summed E-state index contributed by atoms with van der Waals surface area (Å²) in [4.78, 5) is 257. The summed E-state index contributed by atoms with van der Waals surface area (Å²) >= 11 is 0. The molecular formula is C91H129N19O21. The number of aliphatic carboxylic acids is 2. The number of para-hydroxylation sites is 2. The summed E-state index contributed by atoms with van der Waals surface area (Å²) in [5, 5.41) is 64.6. The first-order valence-electron chi connectivity index (χ1n) is 45.3. The number of carboxylic acids is 2. The number of fused-ring (bicyclic) bond motifs is 5. The van der Waals surface area contributed by atoms with Crippen LogP contribution in [0.3, 0.4) is 0 Å².